The van der Waals surface area contributed by atoms with E-state index in [4.69, 9.17) is 0 Å². The van der Waals surface area contributed by atoms with Crippen molar-refractivity contribution >= 4 is 9.52 Å². The Kier molecular flexibility index (Phi) is 4.26. The number of rotatable bonds is 3. The highest BCUT2D eigenvalue weighted by atomic mass is 28.2. The zero-order valence-corrected chi connectivity index (χ0v) is 9.61. The SMILES string of the molecule is CC(C)C[SiH2]CC(C)(C)C. The maximum Gasteiger partial charge on any atom is 0.0205 e. The monoisotopic (exact) mass is 158 g/mol. The van der Waals surface area contributed by atoms with Crippen molar-refractivity contribution in [3.05, 3.63) is 0 Å². The van der Waals surface area contributed by atoms with Gasteiger partial charge in [0.15, 0.2) is 0 Å². The van der Waals surface area contributed by atoms with Crippen molar-refractivity contribution in [1.29, 1.82) is 0 Å². The molecule has 0 aliphatic carbocycles. The number of hydrogen-bond donors (Lipinski definition) is 0. The predicted octanol–water partition coefficient (Wildman–Crippen LogP) is 2.69. The first-order chi connectivity index (χ1) is 4.42. The van der Waals surface area contributed by atoms with E-state index in [9.17, 15) is 0 Å². The summed E-state index contributed by atoms with van der Waals surface area (Å²) in [6.07, 6.45) is 0. The van der Waals surface area contributed by atoms with Crippen LogP contribution in [-0.2, 0) is 0 Å². The summed E-state index contributed by atoms with van der Waals surface area (Å²) in [7, 11) is 0.260. The second-order valence-corrected chi connectivity index (χ2v) is 6.63. The zero-order valence-electron chi connectivity index (χ0n) is 8.20. The van der Waals surface area contributed by atoms with E-state index in [0.717, 1.165) is 5.92 Å². The molecule has 0 nitrogen and oxygen atoms in total. The predicted molar refractivity (Wildman–Crippen MR) is 52.5 cm³/mol. The van der Waals surface area contributed by atoms with E-state index < -0.39 is 0 Å². The minimum Gasteiger partial charge on any atom is -0.0631 e. The van der Waals surface area contributed by atoms with E-state index in [2.05, 4.69) is 34.6 Å². The standard InChI is InChI=1S/C9H22Si/c1-8(2)6-10-7-9(3,4)5/h8H,6-7,10H2,1-5H3. The molecule has 0 rings (SSSR count). The first kappa shape index (κ1) is 10.2. The molecule has 0 aliphatic rings. The molecule has 0 fully saturated rings. The smallest absolute Gasteiger partial charge is 0.0205 e. The van der Waals surface area contributed by atoms with Gasteiger partial charge in [0, 0.05) is 9.52 Å². The molecular weight excluding hydrogens is 136 g/mol. The van der Waals surface area contributed by atoms with Crippen LogP contribution >= 0.6 is 0 Å². The van der Waals surface area contributed by atoms with E-state index in [1.54, 1.807) is 0 Å². The second kappa shape index (κ2) is 4.17. The molecule has 0 saturated carbocycles. The lowest BCUT2D eigenvalue weighted by Crippen LogP contribution is -2.09. The minimum atomic E-state index is 0.260. The van der Waals surface area contributed by atoms with Gasteiger partial charge < -0.3 is 0 Å². The van der Waals surface area contributed by atoms with Gasteiger partial charge in [-0.1, -0.05) is 52.6 Å². The lowest BCUT2D eigenvalue weighted by molar-refractivity contribution is 0.465. The molecule has 0 aliphatic heterocycles. The highest BCUT2D eigenvalue weighted by Gasteiger charge is 2.09. The highest BCUT2D eigenvalue weighted by molar-refractivity contribution is 6.35. The van der Waals surface area contributed by atoms with Crippen LogP contribution in [0.2, 0.25) is 12.1 Å². The molecule has 0 N–H and O–H groups in total. The van der Waals surface area contributed by atoms with Crippen LogP contribution in [0.25, 0.3) is 0 Å². The third-order valence-electron chi connectivity index (χ3n) is 1.71. The van der Waals surface area contributed by atoms with Crippen LogP contribution < -0.4 is 0 Å². The Balaban J connectivity index is 3.21. The molecule has 0 saturated heterocycles. The first-order valence-electron chi connectivity index (χ1n) is 4.42. The summed E-state index contributed by atoms with van der Waals surface area (Å²) in [5.41, 5.74) is 0.598. The molecule has 0 spiro atoms. The molecule has 0 unspecified atom stereocenters. The minimum absolute atomic E-state index is 0.260. The first-order valence-corrected chi connectivity index (χ1v) is 6.42. The Morgan fingerprint density at radius 3 is 2.00 bits per heavy atom. The van der Waals surface area contributed by atoms with Gasteiger partial charge in [-0.3, -0.25) is 0 Å². The summed E-state index contributed by atoms with van der Waals surface area (Å²) < 4.78 is 0. The largest absolute Gasteiger partial charge is 0.0631 e. The van der Waals surface area contributed by atoms with Crippen LogP contribution in [0.15, 0.2) is 0 Å². The fourth-order valence-corrected chi connectivity index (χ4v) is 3.12. The topological polar surface area (TPSA) is 0 Å². The normalized spacial score (nSPS) is 13.8. The van der Waals surface area contributed by atoms with Gasteiger partial charge in [0.1, 0.15) is 0 Å². The van der Waals surface area contributed by atoms with Crippen LogP contribution in [-0.4, -0.2) is 9.52 Å². The maximum atomic E-state index is 2.35. The number of hydrogen-bond acceptors (Lipinski definition) is 0. The highest BCUT2D eigenvalue weighted by Crippen LogP contribution is 2.19. The zero-order chi connectivity index (χ0) is 8.20. The van der Waals surface area contributed by atoms with Crippen molar-refractivity contribution in [2.24, 2.45) is 11.3 Å². The molecule has 0 aromatic heterocycles. The Morgan fingerprint density at radius 1 is 1.20 bits per heavy atom. The summed E-state index contributed by atoms with van der Waals surface area (Å²) in [4.78, 5) is 0. The molecule has 0 amide bonds. The quantitative estimate of drug-likeness (QED) is 0.554. The van der Waals surface area contributed by atoms with Gasteiger partial charge in [0.2, 0.25) is 0 Å². The van der Waals surface area contributed by atoms with E-state index >= 15 is 0 Å². The van der Waals surface area contributed by atoms with Crippen molar-refractivity contribution in [2.45, 2.75) is 46.7 Å². The van der Waals surface area contributed by atoms with Crippen LogP contribution in [0.5, 0.6) is 0 Å². The van der Waals surface area contributed by atoms with Crippen molar-refractivity contribution in [1.82, 2.24) is 0 Å². The van der Waals surface area contributed by atoms with Gasteiger partial charge in [0.25, 0.3) is 0 Å². The van der Waals surface area contributed by atoms with E-state index in [1.807, 2.05) is 0 Å². The fourth-order valence-electron chi connectivity index (χ4n) is 1.04. The van der Waals surface area contributed by atoms with E-state index in [0.29, 0.717) is 5.41 Å². The molecule has 10 heavy (non-hydrogen) atoms. The second-order valence-electron chi connectivity index (χ2n) is 4.85. The van der Waals surface area contributed by atoms with Gasteiger partial charge in [-0.05, 0) is 5.41 Å². The summed E-state index contributed by atoms with van der Waals surface area (Å²) in [5.74, 6) is 0.939. The Labute approximate surface area is 68.2 Å². The van der Waals surface area contributed by atoms with Crippen molar-refractivity contribution in [3.63, 3.8) is 0 Å². The third-order valence-corrected chi connectivity index (χ3v) is 5.12. The Hall–Kier alpha value is 0.217. The summed E-state index contributed by atoms with van der Waals surface area (Å²) in [5, 5.41) is 0. The average Bonchev–Trinajstić information content (AvgIpc) is 1.59. The van der Waals surface area contributed by atoms with E-state index in [-0.39, 0.29) is 9.52 Å². The lowest BCUT2D eigenvalue weighted by Gasteiger charge is -2.17. The molecule has 62 valence electrons. The molecule has 0 heterocycles. The molecular formula is C9H22Si. The van der Waals surface area contributed by atoms with Gasteiger partial charge in [0.05, 0.1) is 0 Å². The Morgan fingerprint density at radius 2 is 1.70 bits per heavy atom. The van der Waals surface area contributed by atoms with Gasteiger partial charge >= 0.3 is 0 Å². The fraction of sp³-hybridized carbons (Fsp3) is 1.00. The molecule has 0 aromatic rings. The van der Waals surface area contributed by atoms with Crippen molar-refractivity contribution in [3.8, 4) is 0 Å². The molecule has 0 radical (unpaired) electrons. The third kappa shape index (κ3) is 8.22. The van der Waals surface area contributed by atoms with Crippen LogP contribution in [0.3, 0.4) is 0 Å². The maximum absolute atomic E-state index is 2.35. The van der Waals surface area contributed by atoms with Crippen molar-refractivity contribution in [2.75, 3.05) is 0 Å². The van der Waals surface area contributed by atoms with E-state index in [1.165, 1.54) is 12.1 Å². The molecule has 0 atom stereocenters. The van der Waals surface area contributed by atoms with Crippen LogP contribution in [0.1, 0.15) is 34.6 Å². The Bertz CT molecular complexity index is 79.2. The van der Waals surface area contributed by atoms with Crippen molar-refractivity contribution < 1.29 is 0 Å². The molecule has 0 aromatic carbocycles. The van der Waals surface area contributed by atoms with Gasteiger partial charge in [-0.2, -0.15) is 0 Å². The summed E-state index contributed by atoms with van der Waals surface area (Å²) in [6, 6.07) is 3.03. The van der Waals surface area contributed by atoms with Crippen LogP contribution in [0, 0.1) is 11.3 Å². The summed E-state index contributed by atoms with van der Waals surface area (Å²) >= 11 is 0. The summed E-state index contributed by atoms with van der Waals surface area (Å²) in [6.45, 7) is 11.7. The lowest BCUT2D eigenvalue weighted by atomic mass is 10.0. The average molecular weight is 158 g/mol. The molecule has 0 bridgehead atoms. The van der Waals surface area contributed by atoms with Gasteiger partial charge in [-0.15, -0.1) is 0 Å². The molecule has 1 heteroatoms. The van der Waals surface area contributed by atoms with Gasteiger partial charge in [-0.25, -0.2) is 0 Å². The van der Waals surface area contributed by atoms with Crippen LogP contribution in [0.4, 0.5) is 0 Å².